The summed E-state index contributed by atoms with van der Waals surface area (Å²) < 4.78 is 0. The van der Waals surface area contributed by atoms with E-state index in [-0.39, 0.29) is 24.9 Å². The predicted octanol–water partition coefficient (Wildman–Crippen LogP) is 0.121. The molecular weight excluding hydrogens is 250 g/mol. The van der Waals surface area contributed by atoms with Crippen LogP contribution in [0.3, 0.4) is 0 Å². The highest BCUT2D eigenvalue weighted by Gasteiger charge is 2.23. The van der Waals surface area contributed by atoms with Gasteiger partial charge in [-0.05, 0) is 12.8 Å². The van der Waals surface area contributed by atoms with Crippen molar-refractivity contribution in [3.63, 3.8) is 0 Å². The number of amides is 3. The van der Waals surface area contributed by atoms with E-state index >= 15 is 0 Å². The first-order chi connectivity index (χ1) is 8.83. The first kappa shape index (κ1) is 17.2. The third-order valence-corrected chi connectivity index (χ3v) is 2.88. The van der Waals surface area contributed by atoms with Crippen LogP contribution in [-0.4, -0.2) is 54.6 Å². The molecule has 0 aromatic rings. The maximum Gasteiger partial charge on any atom is 0.317 e. The van der Waals surface area contributed by atoms with Crippen molar-refractivity contribution in [3.8, 4) is 0 Å². The molecule has 1 atom stereocenters. The molecule has 7 nitrogen and oxygen atoms in total. The van der Waals surface area contributed by atoms with Crippen molar-refractivity contribution in [1.82, 2.24) is 15.5 Å². The first-order valence-electron chi connectivity index (χ1n) is 6.29. The molecule has 0 fully saturated rings. The lowest BCUT2D eigenvalue weighted by Gasteiger charge is -2.23. The second-order valence-electron chi connectivity index (χ2n) is 4.56. The van der Waals surface area contributed by atoms with Crippen LogP contribution < -0.4 is 10.6 Å². The molecule has 0 aromatic carbocycles. The van der Waals surface area contributed by atoms with Gasteiger partial charge >= 0.3 is 12.0 Å². The number of likely N-dealkylation sites (N-methyl/N-ethyl adjacent to an activating group) is 2. The number of urea groups is 1. The van der Waals surface area contributed by atoms with Crippen LogP contribution in [0.5, 0.6) is 0 Å². The molecule has 0 saturated heterocycles. The van der Waals surface area contributed by atoms with Gasteiger partial charge in [-0.15, -0.1) is 0 Å². The molecule has 7 heteroatoms. The molecule has 0 spiro atoms. The van der Waals surface area contributed by atoms with Crippen LogP contribution in [0.25, 0.3) is 0 Å². The van der Waals surface area contributed by atoms with E-state index in [1.54, 1.807) is 20.8 Å². The Hall–Kier alpha value is -1.79. The molecule has 3 amide bonds. The van der Waals surface area contributed by atoms with Crippen LogP contribution in [0.2, 0.25) is 0 Å². The molecule has 0 saturated carbocycles. The molecule has 110 valence electrons. The summed E-state index contributed by atoms with van der Waals surface area (Å²) in [6, 6.07) is -0.432. The Labute approximate surface area is 113 Å². The number of rotatable bonds is 7. The number of hydrogen-bond acceptors (Lipinski definition) is 3. The Morgan fingerprint density at radius 2 is 1.84 bits per heavy atom. The van der Waals surface area contributed by atoms with Crippen molar-refractivity contribution in [2.45, 2.75) is 20.8 Å². The van der Waals surface area contributed by atoms with Gasteiger partial charge in [-0.3, -0.25) is 9.59 Å². The van der Waals surface area contributed by atoms with Crippen LogP contribution >= 0.6 is 0 Å². The summed E-state index contributed by atoms with van der Waals surface area (Å²) in [6.45, 7) is 5.70. The lowest BCUT2D eigenvalue weighted by atomic mass is 9.96. The summed E-state index contributed by atoms with van der Waals surface area (Å²) in [5, 5.41) is 14.0. The number of carbonyl (C=O) groups is 3. The number of hydrogen-bond donors (Lipinski definition) is 3. The van der Waals surface area contributed by atoms with Crippen LogP contribution in [0, 0.1) is 11.8 Å². The Kier molecular flexibility index (Phi) is 7.55. The SMILES string of the molecule is CCN(CC(=O)NC)C(=O)NCC(C(=O)O)C(C)C. The summed E-state index contributed by atoms with van der Waals surface area (Å²) >= 11 is 0. The van der Waals surface area contributed by atoms with Crippen LogP contribution in [0.1, 0.15) is 20.8 Å². The van der Waals surface area contributed by atoms with Crippen molar-refractivity contribution in [2.75, 3.05) is 26.7 Å². The summed E-state index contributed by atoms with van der Waals surface area (Å²) in [7, 11) is 1.49. The van der Waals surface area contributed by atoms with Gasteiger partial charge in [-0.25, -0.2) is 4.79 Å². The second-order valence-corrected chi connectivity index (χ2v) is 4.56. The number of carboxylic acid groups (broad SMARTS) is 1. The first-order valence-corrected chi connectivity index (χ1v) is 6.29. The van der Waals surface area contributed by atoms with E-state index in [9.17, 15) is 14.4 Å². The van der Waals surface area contributed by atoms with Crippen molar-refractivity contribution < 1.29 is 19.5 Å². The minimum atomic E-state index is -0.940. The molecule has 0 bridgehead atoms. The Bertz CT molecular complexity index is 331. The van der Waals surface area contributed by atoms with E-state index in [2.05, 4.69) is 10.6 Å². The minimum Gasteiger partial charge on any atom is -0.481 e. The van der Waals surface area contributed by atoms with Gasteiger partial charge in [-0.2, -0.15) is 0 Å². The smallest absolute Gasteiger partial charge is 0.317 e. The number of nitrogens with one attached hydrogen (secondary N) is 2. The number of aliphatic carboxylic acids is 1. The molecule has 0 radical (unpaired) electrons. The molecule has 0 rings (SSSR count). The molecule has 0 aliphatic heterocycles. The maximum atomic E-state index is 11.8. The van der Waals surface area contributed by atoms with Gasteiger partial charge < -0.3 is 20.6 Å². The molecule has 0 aliphatic rings. The second kappa shape index (κ2) is 8.34. The highest BCUT2D eigenvalue weighted by molar-refractivity contribution is 5.84. The van der Waals surface area contributed by atoms with Crippen molar-refractivity contribution in [2.24, 2.45) is 11.8 Å². The molecule has 0 heterocycles. The normalized spacial score (nSPS) is 11.8. The van der Waals surface area contributed by atoms with Gasteiger partial charge in [0.05, 0.1) is 5.92 Å². The fourth-order valence-electron chi connectivity index (χ4n) is 1.50. The van der Waals surface area contributed by atoms with E-state index in [1.165, 1.54) is 11.9 Å². The number of carboxylic acids is 1. The van der Waals surface area contributed by atoms with Crippen molar-refractivity contribution in [1.29, 1.82) is 0 Å². The topological polar surface area (TPSA) is 98.7 Å². The highest BCUT2D eigenvalue weighted by atomic mass is 16.4. The average molecular weight is 273 g/mol. The number of nitrogens with zero attached hydrogens (tertiary/aromatic N) is 1. The zero-order chi connectivity index (χ0) is 15.0. The highest BCUT2D eigenvalue weighted by Crippen LogP contribution is 2.09. The minimum absolute atomic E-state index is 0.0434. The van der Waals surface area contributed by atoms with E-state index < -0.39 is 17.9 Å². The lowest BCUT2D eigenvalue weighted by Crippen LogP contribution is -2.47. The van der Waals surface area contributed by atoms with E-state index in [0.717, 1.165) is 0 Å². The molecule has 0 aliphatic carbocycles. The predicted molar refractivity (Wildman–Crippen MR) is 70.7 cm³/mol. The monoisotopic (exact) mass is 273 g/mol. The third kappa shape index (κ3) is 6.08. The molecule has 0 aromatic heterocycles. The quantitative estimate of drug-likeness (QED) is 0.613. The summed E-state index contributed by atoms with van der Waals surface area (Å²) in [5.41, 5.74) is 0. The summed E-state index contributed by atoms with van der Waals surface area (Å²) in [5.74, 6) is -1.92. The molecule has 1 unspecified atom stereocenters. The van der Waals surface area contributed by atoms with Crippen molar-refractivity contribution in [3.05, 3.63) is 0 Å². The van der Waals surface area contributed by atoms with Gasteiger partial charge in [0.1, 0.15) is 6.54 Å². The molecule has 3 N–H and O–H groups in total. The van der Waals surface area contributed by atoms with Crippen molar-refractivity contribution >= 4 is 17.9 Å². The fraction of sp³-hybridized carbons (Fsp3) is 0.750. The van der Waals surface area contributed by atoms with Gasteiger partial charge in [0.25, 0.3) is 0 Å². The summed E-state index contributed by atoms with van der Waals surface area (Å²) in [6.07, 6.45) is 0. The summed E-state index contributed by atoms with van der Waals surface area (Å²) in [4.78, 5) is 35.3. The Morgan fingerprint density at radius 1 is 1.26 bits per heavy atom. The van der Waals surface area contributed by atoms with Gasteiger partial charge in [0.15, 0.2) is 0 Å². The van der Waals surface area contributed by atoms with Crippen LogP contribution in [0.4, 0.5) is 4.79 Å². The molecular formula is C12H23N3O4. The van der Waals surface area contributed by atoms with Crippen LogP contribution in [-0.2, 0) is 9.59 Å². The molecule has 19 heavy (non-hydrogen) atoms. The largest absolute Gasteiger partial charge is 0.481 e. The number of carbonyl (C=O) groups excluding carboxylic acids is 2. The van der Waals surface area contributed by atoms with E-state index in [0.29, 0.717) is 6.54 Å². The van der Waals surface area contributed by atoms with Gasteiger partial charge in [0, 0.05) is 20.1 Å². The fourth-order valence-corrected chi connectivity index (χ4v) is 1.50. The standard InChI is InChI=1S/C12H23N3O4/c1-5-15(7-10(16)13-4)12(19)14-6-9(8(2)3)11(17)18/h8-9H,5-7H2,1-4H3,(H,13,16)(H,14,19)(H,17,18). The van der Waals surface area contributed by atoms with E-state index in [4.69, 9.17) is 5.11 Å². The van der Waals surface area contributed by atoms with Gasteiger partial charge in [-0.1, -0.05) is 13.8 Å². The van der Waals surface area contributed by atoms with E-state index in [1.807, 2.05) is 0 Å². The maximum absolute atomic E-state index is 11.8. The Morgan fingerprint density at radius 3 is 2.21 bits per heavy atom. The zero-order valence-electron chi connectivity index (χ0n) is 11.9. The average Bonchev–Trinajstić information content (AvgIpc) is 2.34. The Balaban J connectivity index is 4.41. The third-order valence-electron chi connectivity index (χ3n) is 2.88. The zero-order valence-corrected chi connectivity index (χ0v) is 11.9. The van der Waals surface area contributed by atoms with Gasteiger partial charge in [0.2, 0.25) is 5.91 Å². The lowest BCUT2D eigenvalue weighted by molar-refractivity contribution is -0.143. The van der Waals surface area contributed by atoms with Crippen LogP contribution in [0.15, 0.2) is 0 Å².